The van der Waals surface area contributed by atoms with Gasteiger partial charge >= 0.3 is 5.97 Å². The normalized spacial score (nSPS) is 42.8. The highest BCUT2D eigenvalue weighted by atomic mass is 16.9. The van der Waals surface area contributed by atoms with Gasteiger partial charge in [-0.15, -0.1) is 0 Å². The van der Waals surface area contributed by atoms with Crippen molar-refractivity contribution in [3.63, 3.8) is 0 Å². The molecule has 1 aromatic carbocycles. The molecule has 1 aromatic rings. The van der Waals surface area contributed by atoms with Crippen LogP contribution in [0.25, 0.3) is 0 Å². The lowest BCUT2D eigenvalue weighted by Gasteiger charge is -2.53. The van der Waals surface area contributed by atoms with E-state index in [1.54, 1.807) is 6.92 Å². The largest absolute Gasteiger partial charge is 0.437 e. The molecule has 4 heterocycles. The van der Waals surface area contributed by atoms with Gasteiger partial charge in [0.1, 0.15) is 12.2 Å². The van der Waals surface area contributed by atoms with Crippen molar-refractivity contribution in [1.82, 2.24) is 0 Å². The van der Waals surface area contributed by atoms with Crippen molar-refractivity contribution in [2.24, 2.45) is 5.41 Å². The van der Waals surface area contributed by atoms with Gasteiger partial charge in [0.25, 0.3) is 5.79 Å². The predicted molar refractivity (Wildman–Crippen MR) is 86.9 cm³/mol. The van der Waals surface area contributed by atoms with Gasteiger partial charge in [-0.05, 0) is 0 Å². The number of ether oxygens (including phenoxy) is 5. The molecule has 0 amide bonds. The minimum absolute atomic E-state index is 0.0977. The van der Waals surface area contributed by atoms with Gasteiger partial charge in [0.05, 0.1) is 13.0 Å². The Kier molecular flexibility index (Phi) is 3.54. The van der Waals surface area contributed by atoms with Crippen LogP contribution in [0.4, 0.5) is 0 Å². The Balaban J connectivity index is 1.58. The first-order valence-corrected chi connectivity index (χ1v) is 8.74. The quantitative estimate of drug-likeness (QED) is 0.556. The van der Waals surface area contributed by atoms with E-state index in [1.165, 1.54) is 7.11 Å². The van der Waals surface area contributed by atoms with Crippen LogP contribution in [0.5, 0.6) is 0 Å². The number of carbonyl (C=O) groups is 1. The number of esters is 1. The second kappa shape index (κ2) is 5.65. The molecule has 0 unspecified atom stereocenters. The minimum atomic E-state index is -1.66. The van der Waals surface area contributed by atoms with Crippen molar-refractivity contribution < 1.29 is 38.2 Å². The zero-order valence-corrected chi connectivity index (χ0v) is 14.8. The molecule has 0 N–H and O–H groups in total. The van der Waals surface area contributed by atoms with Gasteiger partial charge in [-0.3, -0.25) is 10.0 Å². The Morgan fingerprint density at radius 3 is 2.78 bits per heavy atom. The number of carbonyl (C=O) groups excluding carboxylic acids is 1. The molecule has 0 aliphatic carbocycles. The fourth-order valence-electron chi connectivity index (χ4n) is 4.56. The monoisotopic (exact) mass is 377 g/mol. The van der Waals surface area contributed by atoms with Crippen molar-refractivity contribution in [2.75, 3.05) is 13.7 Å². The Bertz CT molecular complexity index is 813. The molecule has 0 spiro atoms. The van der Waals surface area contributed by atoms with Crippen LogP contribution in [-0.2, 0) is 33.3 Å². The maximum Gasteiger partial charge on any atom is 0.309 e. The number of hydrogen-bond donors (Lipinski definition) is 0. The molecule has 6 atom stereocenters. The Morgan fingerprint density at radius 2 is 2.04 bits per heavy atom. The SMILES string of the molecule is CO[C@H]1O[C@@H]2CO[C@@H](c3ccccc3)O[C@H]2[C@]23OC(=O)C[C@]12C(C)=[N+]([O-])O3. The first-order valence-electron chi connectivity index (χ1n) is 8.74. The highest BCUT2D eigenvalue weighted by Crippen LogP contribution is 2.60. The van der Waals surface area contributed by atoms with Crippen molar-refractivity contribution in [3.8, 4) is 0 Å². The van der Waals surface area contributed by atoms with Crippen LogP contribution >= 0.6 is 0 Å². The molecular formula is C18H19NO8. The van der Waals surface area contributed by atoms with E-state index in [4.69, 9.17) is 28.5 Å². The molecule has 4 aliphatic rings. The maximum absolute atomic E-state index is 12.4. The van der Waals surface area contributed by atoms with Gasteiger partial charge in [-0.1, -0.05) is 30.3 Å². The third kappa shape index (κ3) is 2.02. The van der Waals surface area contributed by atoms with Crippen LogP contribution in [-0.4, -0.2) is 54.6 Å². The molecule has 4 aliphatic heterocycles. The van der Waals surface area contributed by atoms with Crippen molar-refractivity contribution in [1.29, 1.82) is 0 Å². The summed E-state index contributed by atoms with van der Waals surface area (Å²) in [5.74, 6) is -2.16. The Labute approximate surface area is 154 Å². The third-order valence-corrected chi connectivity index (χ3v) is 5.83. The summed E-state index contributed by atoms with van der Waals surface area (Å²) in [6, 6.07) is 9.36. The maximum atomic E-state index is 12.4. The highest BCUT2D eigenvalue weighted by Gasteiger charge is 2.81. The molecule has 9 heteroatoms. The lowest BCUT2D eigenvalue weighted by atomic mass is 9.69. The van der Waals surface area contributed by atoms with Crippen molar-refractivity contribution in [3.05, 3.63) is 41.1 Å². The molecule has 0 radical (unpaired) electrons. The molecule has 9 nitrogen and oxygen atoms in total. The molecule has 27 heavy (non-hydrogen) atoms. The van der Waals surface area contributed by atoms with Crippen LogP contribution in [0, 0.1) is 10.6 Å². The van der Waals surface area contributed by atoms with Gasteiger partial charge in [0.15, 0.2) is 18.0 Å². The van der Waals surface area contributed by atoms with Gasteiger partial charge in [-0.2, -0.15) is 0 Å². The smallest absolute Gasteiger partial charge is 0.309 e. The highest BCUT2D eigenvalue weighted by molar-refractivity contribution is 5.93. The number of methoxy groups -OCH3 is 1. The fourth-order valence-corrected chi connectivity index (χ4v) is 4.56. The van der Waals surface area contributed by atoms with Crippen LogP contribution in [0.2, 0.25) is 0 Å². The summed E-state index contributed by atoms with van der Waals surface area (Å²) < 4.78 is 29.1. The zero-order valence-electron chi connectivity index (χ0n) is 14.8. The van der Waals surface area contributed by atoms with E-state index in [9.17, 15) is 10.0 Å². The van der Waals surface area contributed by atoms with Crippen LogP contribution in [0.1, 0.15) is 25.2 Å². The zero-order chi connectivity index (χ0) is 18.8. The number of benzene rings is 1. The van der Waals surface area contributed by atoms with Crippen molar-refractivity contribution in [2.45, 2.75) is 43.9 Å². The van der Waals surface area contributed by atoms with Gasteiger partial charge in [0.2, 0.25) is 5.71 Å². The average molecular weight is 377 g/mol. The van der Waals surface area contributed by atoms with Crippen LogP contribution < -0.4 is 0 Å². The Morgan fingerprint density at radius 1 is 1.26 bits per heavy atom. The van der Waals surface area contributed by atoms with E-state index in [-0.39, 0.29) is 18.7 Å². The first kappa shape index (κ1) is 16.9. The summed E-state index contributed by atoms with van der Waals surface area (Å²) in [5, 5.41) is 12.4. The molecule has 3 fully saturated rings. The molecule has 5 rings (SSSR count). The second-order valence-corrected chi connectivity index (χ2v) is 7.10. The number of hydrogen-bond acceptors (Lipinski definition) is 8. The minimum Gasteiger partial charge on any atom is -0.437 e. The van der Waals surface area contributed by atoms with Gasteiger partial charge in [0, 0.05) is 24.5 Å². The summed E-state index contributed by atoms with van der Waals surface area (Å²) in [6.07, 6.45) is -3.20. The van der Waals surface area contributed by atoms with Crippen LogP contribution in [0.3, 0.4) is 0 Å². The Hall–Kier alpha value is -2.20. The second-order valence-electron chi connectivity index (χ2n) is 7.10. The predicted octanol–water partition coefficient (Wildman–Crippen LogP) is 1.02. The standard InChI is InChI=1S/C18H19NO8/c1-10-17-8-13(20)26-18(17,27-19(10)21)14-12(24-16(17)22-2)9-23-15(25-14)11-6-4-3-5-7-11/h3-7,12,14-16H,8-9H2,1-2H3/t12-,14-,15-,16+,17+,18-/m1/s1. The number of fused-ring (bicyclic) bond motifs is 1. The van der Waals surface area contributed by atoms with E-state index in [1.807, 2.05) is 30.3 Å². The van der Waals surface area contributed by atoms with Gasteiger partial charge < -0.3 is 28.5 Å². The summed E-state index contributed by atoms with van der Waals surface area (Å²) in [6.45, 7) is 1.75. The fraction of sp³-hybridized carbons (Fsp3) is 0.556. The number of nitrogens with zero attached hydrogens (tertiary/aromatic N) is 1. The summed E-state index contributed by atoms with van der Waals surface area (Å²) in [5.41, 5.74) is -0.167. The van der Waals surface area contributed by atoms with Crippen molar-refractivity contribution >= 4 is 11.7 Å². The lowest BCUT2D eigenvalue weighted by Crippen LogP contribution is -2.71. The molecule has 0 bridgehead atoms. The van der Waals surface area contributed by atoms with Gasteiger partial charge in [-0.25, -0.2) is 0 Å². The van der Waals surface area contributed by atoms with E-state index >= 15 is 0 Å². The van der Waals surface area contributed by atoms with E-state index in [0.717, 1.165) is 5.56 Å². The van der Waals surface area contributed by atoms with E-state index < -0.39 is 42.0 Å². The number of rotatable bonds is 2. The van der Waals surface area contributed by atoms with E-state index in [0.29, 0.717) is 4.90 Å². The summed E-state index contributed by atoms with van der Waals surface area (Å²) >= 11 is 0. The summed E-state index contributed by atoms with van der Waals surface area (Å²) in [4.78, 5) is 18.3. The topological polar surface area (TPSA) is 98.5 Å². The molecular weight excluding hydrogens is 358 g/mol. The third-order valence-electron chi connectivity index (χ3n) is 5.83. The van der Waals surface area contributed by atoms with Crippen LogP contribution in [0.15, 0.2) is 30.3 Å². The average Bonchev–Trinajstić information content (AvgIpc) is 3.10. The molecule has 0 aromatic heterocycles. The molecule has 3 saturated heterocycles. The first-order chi connectivity index (χ1) is 13.0. The molecule has 144 valence electrons. The lowest BCUT2D eigenvalue weighted by molar-refractivity contribution is -0.772. The molecule has 0 saturated carbocycles. The summed E-state index contributed by atoms with van der Waals surface area (Å²) in [7, 11) is 1.45. The van der Waals surface area contributed by atoms with E-state index in [2.05, 4.69) is 0 Å².